The molecule has 82 valence electrons. The third-order valence-electron chi connectivity index (χ3n) is 3.77. The van der Waals surface area contributed by atoms with Crippen LogP contribution in [0.5, 0.6) is 0 Å². The molecule has 2 fully saturated rings. The predicted octanol–water partition coefficient (Wildman–Crippen LogP) is 0.835. The lowest BCUT2D eigenvalue weighted by Gasteiger charge is -2.39. The van der Waals surface area contributed by atoms with Crippen LogP contribution in [0.4, 0.5) is 0 Å². The zero-order valence-corrected chi connectivity index (χ0v) is 9.11. The quantitative estimate of drug-likeness (QED) is 0.714. The summed E-state index contributed by atoms with van der Waals surface area (Å²) in [5, 5.41) is 0. The Bertz CT molecular complexity index is 180. The van der Waals surface area contributed by atoms with E-state index in [2.05, 4.69) is 11.8 Å². The molecule has 3 heteroatoms. The Labute approximate surface area is 86.6 Å². The van der Waals surface area contributed by atoms with Gasteiger partial charge in [0.25, 0.3) is 0 Å². The van der Waals surface area contributed by atoms with E-state index in [1.165, 1.54) is 25.9 Å². The fourth-order valence-electron chi connectivity index (χ4n) is 2.65. The maximum Gasteiger partial charge on any atom is 0.0622 e. The van der Waals surface area contributed by atoms with Crippen molar-refractivity contribution in [3.8, 4) is 0 Å². The fraction of sp³-hybridized carbons (Fsp3) is 1.00. The highest BCUT2D eigenvalue weighted by atomic mass is 16.5. The van der Waals surface area contributed by atoms with Crippen molar-refractivity contribution in [3.05, 3.63) is 0 Å². The molecule has 0 amide bonds. The Kier molecular flexibility index (Phi) is 3.42. The van der Waals surface area contributed by atoms with Crippen molar-refractivity contribution in [1.82, 2.24) is 4.90 Å². The zero-order valence-electron chi connectivity index (χ0n) is 9.11. The number of nitrogens with two attached hydrogens (primary N) is 1. The highest BCUT2D eigenvalue weighted by molar-refractivity contribution is 4.86. The second-order valence-electron chi connectivity index (χ2n) is 4.63. The molecular weight excluding hydrogens is 176 g/mol. The van der Waals surface area contributed by atoms with E-state index in [-0.39, 0.29) is 0 Å². The molecule has 0 bridgehead atoms. The van der Waals surface area contributed by atoms with E-state index in [4.69, 9.17) is 10.5 Å². The third kappa shape index (κ3) is 2.10. The van der Waals surface area contributed by atoms with Gasteiger partial charge in [0.1, 0.15) is 0 Å². The van der Waals surface area contributed by atoms with Crippen LogP contribution in [-0.4, -0.2) is 43.3 Å². The molecule has 0 aromatic rings. The van der Waals surface area contributed by atoms with Crippen LogP contribution in [0.3, 0.4) is 0 Å². The van der Waals surface area contributed by atoms with E-state index in [1.54, 1.807) is 0 Å². The first-order valence-corrected chi connectivity index (χ1v) is 5.88. The first-order valence-electron chi connectivity index (χ1n) is 5.88. The smallest absolute Gasteiger partial charge is 0.0622 e. The van der Waals surface area contributed by atoms with Crippen LogP contribution in [0.1, 0.15) is 26.2 Å². The molecule has 2 N–H and O–H groups in total. The van der Waals surface area contributed by atoms with Gasteiger partial charge >= 0.3 is 0 Å². The van der Waals surface area contributed by atoms with E-state index in [0.717, 1.165) is 19.6 Å². The summed E-state index contributed by atoms with van der Waals surface area (Å²) >= 11 is 0. The molecule has 2 heterocycles. The molecule has 3 atom stereocenters. The lowest BCUT2D eigenvalue weighted by molar-refractivity contribution is 0.0916. The minimum Gasteiger partial charge on any atom is -0.380 e. The van der Waals surface area contributed by atoms with Crippen LogP contribution in [0.15, 0.2) is 0 Å². The number of nitrogens with zero attached hydrogens (tertiary/aromatic N) is 1. The van der Waals surface area contributed by atoms with E-state index < -0.39 is 0 Å². The second-order valence-corrected chi connectivity index (χ2v) is 4.63. The average Bonchev–Trinajstić information content (AvgIpc) is 2.71. The summed E-state index contributed by atoms with van der Waals surface area (Å²) in [5.41, 5.74) is 6.09. The molecule has 0 saturated carbocycles. The summed E-state index contributed by atoms with van der Waals surface area (Å²) in [6.45, 7) is 6.49. The minimum absolute atomic E-state index is 0.429. The number of hydrogen-bond donors (Lipinski definition) is 1. The van der Waals surface area contributed by atoms with Gasteiger partial charge in [-0.25, -0.2) is 0 Å². The van der Waals surface area contributed by atoms with Crippen LogP contribution in [0.2, 0.25) is 0 Å². The van der Waals surface area contributed by atoms with E-state index >= 15 is 0 Å². The largest absolute Gasteiger partial charge is 0.380 e. The molecule has 2 rings (SSSR count). The van der Waals surface area contributed by atoms with Gasteiger partial charge in [-0.3, -0.25) is 4.90 Å². The van der Waals surface area contributed by atoms with Gasteiger partial charge in [-0.2, -0.15) is 0 Å². The fourth-order valence-corrected chi connectivity index (χ4v) is 2.65. The summed E-state index contributed by atoms with van der Waals surface area (Å²) in [4.78, 5) is 2.59. The normalized spacial score (nSPS) is 40.3. The van der Waals surface area contributed by atoms with Gasteiger partial charge in [0.2, 0.25) is 0 Å². The summed E-state index contributed by atoms with van der Waals surface area (Å²) in [7, 11) is 0. The first-order chi connectivity index (χ1) is 6.81. The van der Waals surface area contributed by atoms with Crippen LogP contribution in [0.25, 0.3) is 0 Å². The molecule has 3 nitrogen and oxygen atoms in total. The highest BCUT2D eigenvalue weighted by Gasteiger charge is 2.31. The number of hydrogen-bond acceptors (Lipinski definition) is 3. The topological polar surface area (TPSA) is 38.5 Å². The van der Waals surface area contributed by atoms with Crippen molar-refractivity contribution in [3.63, 3.8) is 0 Å². The summed E-state index contributed by atoms with van der Waals surface area (Å²) in [5.74, 6) is 0.698. The SMILES string of the molecule is CCC1CN(C2CCOC2)CCC1N. The van der Waals surface area contributed by atoms with Crippen LogP contribution in [-0.2, 0) is 4.74 Å². The standard InChI is InChI=1S/C11H22N2O/c1-2-9-7-13(5-3-11(9)12)10-4-6-14-8-10/h9-11H,2-8,12H2,1H3. The van der Waals surface area contributed by atoms with E-state index in [0.29, 0.717) is 18.0 Å². The number of ether oxygens (including phenoxy) is 1. The van der Waals surface area contributed by atoms with Crippen molar-refractivity contribution in [2.75, 3.05) is 26.3 Å². The molecule has 0 aromatic heterocycles. The maximum atomic E-state index is 6.09. The molecule has 2 saturated heterocycles. The second kappa shape index (κ2) is 4.60. The van der Waals surface area contributed by atoms with Gasteiger partial charge in [-0.15, -0.1) is 0 Å². The van der Waals surface area contributed by atoms with Gasteiger partial charge in [-0.05, 0) is 18.8 Å². The summed E-state index contributed by atoms with van der Waals surface area (Å²) < 4.78 is 5.43. The Morgan fingerprint density at radius 3 is 2.93 bits per heavy atom. The van der Waals surface area contributed by atoms with Crippen molar-refractivity contribution in [2.24, 2.45) is 11.7 Å². The number of likely N-dealkylation sites (tertiary alicyclic amines) is 1. The Balaban J connectivity index is 1.88. The third-order valence-corrected chi connectivity index (χ3v) is 3.77. The van der Waals surface area contributed by atoms with Crippen molar-refractivity contribution in [2.45, 2.75) is 38.3 Å². The zero-order chi connectivity index (χ0) is 9.97. The predicted molar refractivity (Wildman–Crippen MR) is 57.2 cm³/mol. The van der Waals surface area contributed by atoms with E-state index in [9.17, 15) is 0 Å². The lowest BCUT2D eigenvalue weighted by Crippen LogP contribution is -2.50. The molecule has 3 unspecified atom stereocenters. The molecule has 0 spiro atoms. The first kappa shape index (κ1) is 10.4. The Morgan fingerprint density at radius 2 is 2.29 bits per heavy atom. The van der Waals surface area contributed by atoms with Gasteiger partial charge in [0.15, 0.2) is 0 Å². The van der Waals surface area contributed by atoms with Crippen LogP contribution >= 0.6 is 0 Å². The molecule has 2 aliphatic heterocycles. The summed E-state index contributed by atoms with van der Waals surface area (Å²) in [6, 6.07) is 1.11. The lowest BCUT2D eigenvalue weighted by atomic mass is 9.90. The molecule has 0 aromatic carbocycles. The molecule has 2 aliphatic rings. The van der Waals surface area contributed by atoms with Gasteiger partial charge in [-0.1, -0.05) is 13.3 Å². The molecule has 0 aliphatic carbocycles. The Morgan fingerprint density at radius 1 is 1.43 bits per heavy atom. The van der Waals surface area contributed by atoms with Crippen molar-refractivity contribution < 1.29 is 4.74 Å². The molecule has 14 heavy (non-hydrogen) atoms. The summed E-state index contributed by atoms with van der Waals surface area (Å²) in [6.07, 6.45) is 3.59. The monoisotopic (exact) mass is 198 g/mol. The molecular formula is C11H22N2O. The average molecular weight is 198 g/mol. The van der Waals surface area contributed by atoms with Crippen molar-refractivity contribution >= 4 is 0 Å². The maximum absolute atomic E-state index is 6.09. The van der Waals surface area contributed by atoms with Gasteiger partial charge in [0, 0.05) is 31.8 Å². The highest BCUT2D eigenvalue weighted by Crippen LogP contribution is 2.23. The van der Waals surface area contributed by atoms with Crippen LogP contribution in [0, 0.1) is 5.92 Å². The number of piperidine rings is 1. The number of rotatable bonds is 2. The van der Waals surface area contributed by atoms with Gasteiger partial charge in [0.05, 0.1) is 6.61 Å². The van der Waals surface area contributed by atoms with Crippen molar-refractivity contribution in [1.29, 1.82) is 0 Å². The van der Waals surface area contributed by atoms with Gasteiger partial charge < -0.3 is 10.5 Å². The molecule has 0 radical (unpaired) electrons. The van der Waals surface area contributed by atoms with E-state index in [1.807, 2.05) is 0 Å². The minimum atomic E-state index is 0.429. The van der Waals surface area contributed by atoms with Crippen LogP contribution < -0.4 is 5.73 Å². The Hall–Kier alpha value is -0.120.